The highest BCUT2D eigenvalue weighted by atomic mass is 15.2. The van der Waals surface area contributed by atoms with Crippen molar-refractivity contribution < 1.29 is 0 Å². The first-order valence-electron chi connectivity index (χ1n) is 4.83. The van der Waals surface area contributed by atoms with Crippen LogP contribution in [0, 0.1) is 10.8 Å². The summed E-state index contributed by atoms with van der Waals surface area (Å²) in [4.78, 5) is 1.77. The van der Waals surface area contributed by atoms with Crippen molar-refractivity contribution in [2.24, 2.45) is 5.41 Å². The van der Waals surface area contributed by atoms with E-state index in [1.54, 1.807) is 4.90 Å². The van der Waals surface area contributed by atoms with Gasteiger partial charge in [0.15, 0.2) is 5.96 Å². The molecule has 0 fully saturated rings. The van der Waals surface area contributed by atoms with Gasteiger partial charge in [-0.15, -0.1) is 0 Å². The molecular weight excluding hydrogens is 162 g/mol. The Morgan fingerprint density at radius 1 is 1.31 bits per heavy atom. The molecule has 0 saturated carbocycles. The predicted molar refractivity (Wildman–Crippen MR) is 58.1 cm³/mol. The lowest BCUT2D eigenvalue weighted by Gasteiger charge is -2.19. The maximum absolute atomic E-state index is 7.49. The van der Waals surface area contributed by atoms with Crippen LogP contribution in [0.4, 0.5) is 0 Å². The molecule has 0 atom stereocenters. The first-order valence-corrected chi connectivity index (χ1v) is 4.83. The summed E-state index contributed by atoms with van der Waals surface area (Å²) in [5.74, 6) is 0.494. The van der Waals surface area contributed by atoms with Gasteiger partial charge in [-0.1, -0.05) is 20.8 Å². The summed E-state index contributed by atoms with van der Waals surface area (Å²) in [6.07, 6.45) is 2.32. The zero-order chi connectivity index (χ0) is 10.5. The van der Waals surface area contributed by atoms with Gasteiger partial charge in [0.1, 0.15) is 0 Å². The van der Waals surface area contributed by atoms with Gasteiger partial charge in [0.2, 0.25) is 0 Å². The third kappa shape index (κ3) is 7.62. The molecule has 0 aliphatic carbocycles. The van der Waals surface area contributed by atoms with E-state index in [4.69, 9.17) is 5.41 Å². The highest BCUT2D eigenvalue weighted by molar-refractivity contribution is 5.75. The number of hydrogen-bond acceptors (Lipinski definition) is 1. The Balaban J connectivity index is 3.42. The van der Waals surface area contributed by atoms with Gasteiger partial charge in [-0.3, -0.25) is 5.41 Å². The van der Waals surface area contributed by atoms with E-state index >= 15 is 0 Å². The maximum atomic E-state index is 7.49. The van der Waals surface area contributed by atoms with Crippen molar-refractivity contribution in [1.82, 2.24) is 10.2 Å². The third-order valence-corrected chi connectivity index (χ3v) is 1.84. The molecule has 2 N–H and O–H groups in total. The van der Waals surface area contributed by atoms with E-state index in [0.717, 1.165) is 13.0 Å². The van der Waals surface area contributed by atoms with Crippen LogP contribution in [0.2, 0.25) is 0 Å². The van der Waals surface area contributed by atoms with E-state index in [9.17, 15) is 0 Å². The summed E-state index contributed by atoms with van der Waals surface area (Å²) < 4.78 is 0. The lowest BCUT2D eigenvalue weighted by molar-refractivity contribution is 0.364. The highest BCUT2D eigenvalue weighted by Crippen LogP contribution is 2.19. The number of rotatable bonds is 3. The van der Waals surface area contributed by atoms with Crippen LogP contribution >= 0.6 is 0 Å². The van der Waals surface area contributed by atoms with Gasteiger partial charge < -0.3 is 10.2 Å². The summed E-state index contributed by atoms with van der Waals surface area (Å²) in [7, 11) is 3.75. The number of nitrogens with one attached hydrogen (secondary N) is 2. The molecule has 78 valence electrons. The van der Waals surface area contributed by atoms with Crippen LogP contribution in [0.1, 0.15) is 33.6 Å². The minimum Gasteiger partial charge on any atom is -0.356 e. The fraction of sp³-hybridized carbons (Fsp3) is 0.900. The molecule has 0 aromatic carbocycles. The van der Waals surface area contributed by atoms with Crippen LogP contribution in [-0.4, -0.2) is 31.5 Å². The molecule has 0 aliphatic rings. The summed E-state index contributed by atoms with van der Waals surface area (Å²) in [5, 5.41) is 10.6. The quantitative estimate of drug-likeness (QED) is 0.400. The van der Waals surface area contributed by atoms with Crippen LogP contribution in [0.25, 0.3) is 0 Å². The molecular formula is C10H23N3. The smallest absolute Gasteiger partial charge is 0.190 e. The van der Waals surface area contributed by atoms with Crippen LogP contribution < -0.4 is 5.32 Å². The lowest BCUT2D eigenvalue weighted by Crippen LogP contribution is -2.36. The van der Waals surface area contributed by atoms with Crippen molar-refractivity contribution in [2.75, 3.05) is 20.6 Å². The third-order valence-electron chi connectivity index (χ3n) is 1.84. The highest BCUT2D eigenvalue weighted by Gasteiger charge is 2.08. The average molecular weight is 185 g/mol. The van der Waals surface area contributed by atoms with Gasteiger partial charge in [-0.05, 0) is 18.3 Å². The second-order valence-corrected chi connectivity index (χ2v) is 4.83. The molecule has 0 aromatic heterocycles. The molecule has 13 heavy (non-hydrogen) atoms. The Labute approximate surface area is 82.0 Å². The van der Waals surface area contributed by atoms with Gasteiger partial charge in [0, 0.05) is 20.6 Å². The number of hydrogen-bond donors (Lipinski definition) is 2. The molecule has 0 bridgehead atoms. The summed E-state index contributed by atoms with van der Waals surface area (Å²) in [6, 6.07) is 0. The minimum absolute atomic E-state index is 0.405. The maximum Gasteiger partial charge on any atom is 0.190 e. The van der Waals surface area contributed by atoms with Crippen LogP contribution in [0.3, 0.4) is 0 Å². The van der Waals surface area contributed by atoms with E-state index in [2.05, 4.69) is 26.1 Å². The second kappa shape index (κ2) is 5.10. The van der Waals surface area contributed by atoms with Crippen LogP contribution in [0.5, 0.6) is 0 Å². The molecule has 0 spiro atoms. The predicted octanol–water partition coefficient (Wildman–Crippen LogP) is 1.90. The van der Waals surface area contributed by atoms with Crippen molar-refractivity contribution in [1.29, 1.82) is 5.41 Å². The van der Waals surface area contributed by atoms with Gasteiger partial charge in [-0.2, -0.15) is 0 Å². The van der Waals surface area contributed by atoms with Gasteiger partial charge in [-0.25, -0.2) is 0 Å². The van der Waals surface area contributed by atoms with Crippen molar-refractivity contribution >= 4 is 5.96 Å². The average Bonchev–Trinajstić information content (AvgIpc) is 1.95. The van der Waals surface area contributed by atoms with E-state index in [0.29, 0.717) is 11.4 Å². The zero-order valence-corrected chi connectivity index (χ0v) is 9.57. The van der Waals surface area contributed by atoms with Crippen LogP contribution in [0.15, 0.2) is 0 Å². The Morgan fingerprint density at radius 2 is 1.85 bits per heavy atom. The number of guanidine groups is 1. The molecule has 0 unspecified atom stereocenters. The summed E-state index contributed by atoms with van der Waals surface area (Å²) in [5.41, 5.74) is 0.405. The Hall–Kier alpha value is -0.730. The standard InChI is InChI=1S/C10H23N3/c1-10(2,3)7-6-8-12-9(11)13(4)5/h6-8H2,1-5H3,(H2,11,12). The van der Waals surface area contributed by atoms with Crippen molar-refractivity contribution in [3.8, 4) is 0 Å². The Bertz CT molecular complexity index is 156. The largest absolute Gasteiger partial charge is 0.356 e. The first kappa shape index (κ1) is 12.3. The van der Waals surface area contributed by atoms with Crippen molar-refractivity contribution in [3.05, 3.63) is 0 Å². The minimum atomic E-state index is 0.405. The molecule has 0 aromatic rings. The lowest BCUT2D eigenvalue weighted by atomic mass is 9.91. The Kier molecular flexibility index (Phi) is 4.81. The molecule has 0 amide bonds. The molecule has 3 heteroatoms. The molecule has 0 radical (unpaired) electrons. The van der Waals surface area contributed by atoms with Crippen LogP contribution in [-0.2, 0) is 0 Å². The monoisotopic (exact) mass is 185 g/mol. The van der Waals surface area contributed by atoms with E-state index in [1.165, 1.54) is 6.42 Å². The molecule has 3 nitrogen and oxygen atoms in total. The molecule has 0 heterocycles. The normalized spacial score (nSPS) is 11.2. The van der Waals surface area contributed by atoms with Crippen molar-refractivity contribution in [2.45, 2.75) is 33.6 Å². The second-order valence-electron chi connectivity index (χ2n) is 4.83. The molecule has 0 saturated heterocycles. The Morgan fingerprint density at radius 3 is 2.23 bits per heavy atom. The fourth-order valence-corrected chi connectivity index (χ4v) is 0.984. The summed E-state index contributed by atoms with van der Waals surface area (Å²) >= 11 is 0. The number of nitrogens with zero attached hydrogens (tertiary/aromatic N) is 1. The van der Waals surface area contributed by atoms with E-state index < -0.39 is 0 Å². The topological polar surface area (TPSA) is 39.1 Å². The summed E-state index contributed by atoms with van der Waals surface area (Å²) in [6.45, 7) is 7.62. The van der Waals surface area contributed by atoms with Gasteiger partial charge in [0.05, 0.1) is 0 Å². The molecule has 0 rings (SSSR count). The van der Waals surface area contributed by atoms with Crippen molar-refractivity contribution in [3.63, 3.8) is 0 Å². The van der Waals surface area contributed by atoms with E-state index in [1.807, 2.05) is 14.1 Å². The van der Waals surface area contributed by atoms with Gasteiger partial charge >= 0.3 is 0 Å². The zero-order valence-electron chi connectivity index (χ0n) is 9.57. The molecule has 0 aliphatic heterocycles. The first-order chi connectivity index (χ1) is 5.83. The van der Waals surface area contributed by atoms with Gasteiger partial charge in [0.25, 0.3) is 0 Å². The SMILES string of the molecule is CN(C)C(=N)NCCCC(C)(C)C. The fourth-order valence-electron chi connectivity index (χ4n) is 0.984. The van der Waals surface area contributed by atoms with E-state index in [-0.39, 0.29) is 0 Å².